The van der Waals surface area contributed by atoms with Gasteiger partial charge in [-0.25, -0.2) is 4.98 Å². The number of thiol groups is 1. The summed E-state index contributed by atoms with van der Waals surface area (Å²) >= 11 is 4.01. The van der Waals surface area contributed by atoms with Gasteiger partial charge in [0.15, 0.2) is 0 Å². The monoisotopic (exact) mass is 143 g/mol. The molecule has 1 heterocycles. The van der Waals surface area contributed by atoms with Gasteiger partial charge in [0.25, 0.3) is 0 Å². The van der Waals surface area contributed by atoms with Crippen LogP contribution in [-0.4, -0.2) is 4.98 Å². The predicted octanol–water partition coefficient (Wildman–Crippen LogP) is 1.67. The van der Waals surface area contributed by atoms with E-state index >= 15 is 0 Å². The van der Waals surface area contributed by atoms with Gasteiger partial charge in [0.1, 0.15) is 5.76 Å². The molecule has 0 aliphatic carbocycles. The quantitative estimate of drug-likeness (QED) is 0.637. The first kappa shape index (κ1) is 6.68. The van der Waals surface area contributed by atoms with Crippen LogP contribution in [0.25, 0.3) is 0 Å². The van der Waals surface area contributed by atoms with Crippen molar-refractivity contribution in [2.75, 3.05) is 0 Å². The fraction of sp³-hybridized carbons (Fsp3) is 0.500. The highest BCUT2D eigenvalue weighted by atomic mass is 32.1. The molecule has 0 radical (unpaired) electrons. The van der Waals surface area contributed by atoms with E-state index < -0.39 is 0 Å². The van der Waals surface area contributed by atoms with E-state index in [2.05, 4.69) is 17.6 Å². The molecule has 2 nitrogen and oxygen atoms in total. The highest BCUT2D eigenvalue weighted by Gasteiger charge is 1.97. The number of hydrogen-bond donors (Lipinski definition) is 1. The molecule has 0 aromatic carbocycles. The molecule has 0 spiro atoms. The van der Waals surface area contributed by atoms with Crippen molar-refractivity contribution in [3.05, 3.63) is 17.8 Å². The largest absolute Gasteiger partial charge is 0.445 e. The summed E-state index contributed by atoms with van der Waals surface area (Å²) in [5, 5.41) is 0. The predicted molar refractivity (Wildman–Crippen MR) is 38.6 cm³/mol. The van der Waals surface area contributed by atoms with Crippen LogP contribution in [0.5, 0.6) is 0 Å². The molecule has 0 aliphatic heterocycles. The number of rotatable bonds is 2. The summed E-state index contributed by atoms with van der Waals surface area (Å²) in [6.07, 6.45) is 2.65. The van der Waals surface area contributed by atoms with Crippen molar-refractivity contribution in [3.63, 3.8) is 0 Å². The molecule has 0 aliphatic rings. The Balaban J connectivity index is 2.74. The minimum absolute atomic E-state index is 0.583. The van der Waals surface area contributed by atoms with E-state index in [1.807, 2.05) is 6.92 Å². The van der Waals surface area contributed by atoms with Gasteiger partial charge in [-0.1, -0.05) is 6.92 Å². The Bertz CT molecular complexity index is 166. The molecule has 0 saturated heterocycles. The fourth-order valence-corrected chi connectivity index (χ4v) is 0.731. The Morgan fingerprint density at radius 3 is 2.89 bits per heavy atom. The SMILES string of the molecule is CCc1cnc(CS)o1. The Kier molecular flexibility index (Phi) is 2.16. The summed E-state index contributed by atoms with van der Waals surface area (Å²) in [6.45, 7) is 2.03. The van der Waals surface area contributed by atoms with Crippen molar-refractivity contribution in [3.8, 4) is 0 Å². The molecule has 0 saturated carbocycles. The van der Waals surface area contributed by atoms with Crippen LogP contribution in [0.3, 0.4) is 0 Å². The van der Waals surface area contributed by atoms with E-state index in [9.17, 15) is 0 Å². The third-order valence-electron chi connectivity index (χ3n) is 1.09. The Morgan fingerprint density at radius 2 is 2.56 bits per heavy atom. The van der Waals surface area contributed by atoms with Crippen LogP contribution >= 0.6 is 12.6 Å². The fourth-order valence-electron chi connectivity index (χ4n) is 0.585. The Labute approximate surface area is 59.7 Å². The first-order chi connectivity index (χ1) is 4.36. The molecule has 1 aromatic heterocycles. The molecule has 0 fully saturated rings. The summed E-state index contributed by atoms with van der Waals surface area (Å²) in [7, 11) is 0. The number of aryl methyl sites for hydroxylation is 1. The average Bonchev–Trinajstić information content (AvgIpc) is 2.34. The van der Waals surface area contributed by atoms with Gasteiger partial charge < -0.3 is 4.42 Å². The molecule has 1 rings (SSSR count). The normalized spacial score (nSPS) is 10.0. The van der Waals surface area contributed by atoms with E-state index in [0.717, 1.165) is 12.2 Å². The molecule has 0 unspecified atom stereocenters. The molecular weight excluding hydrogens is 134 g/mol. The maximum absolute atomic E-state index is 5.19. The van der Waals surface area contributed by atoms with Crippen molar-refractivity contribution >= 4 is 12.6 Å². The van der Waals surface area contributed by atoms with Crippen LogP contribution in [0.2, 0.25) is 0 Å². The van der Waals surface area contributed by atoms with Gasteiger partial charge in [-0.05, 0) is 0 Å². The third-order valence-corrected chi connectivity index (χ3v) is 1.36. The van der Waals surface area contributed by atoms with Gasteiger partial charge in [0, 0.05) is 6.42 Å². The van der Waals surface area contributed by atoms with Crippen molar-refractivity contribution in [1.82, 2.24) is 4.98 Å². The lowest BCUT2D eigenvalue weighted by Crippen LogP contribution is -1.71. The summed E-state index contributed by atoms with van der Waals surface area (Å²) < 4.78 is 5.19. The van der Waals surface area contributed by atoms with Gasteiger partial charge in [-0.15, -0.1) is 0 Å². The van der Waals surface area contributed by atoms with Crippen molar-refractivity contribution in [2.24, 2.45) is 0 Å². The van der Waals surface area contributed by atoms with Crippen molar-refractivity contribution in [1.29, 1.82) is 0 Å². The molecule has 3 heteroatoms. The van der Waals surface area contributed by atoms with E-state index in [1.54, 1.807) is 6.20 Å². The second kappa shape index (κ2) is 2.92. The van der Waals surface area contributed by atoms with E-state index in [4.69, 9.17) is 4.42 Å². The van der Waals surface area contributed by atoms with E-state index in [-0.39, 0.29) is 0 Å². The summed E-state index contributed by atoms with van der Waals surface area (Å²) in [5.41, 5.74) is 0. The molecular formula is C6H9NOS. The maximum atomic E-state index is 5.19. The highest BCUT2D eigenvalue weighted by molar-refractivity contribution is 7.79. The van der Waals surface area contributed by atoms with Gasteiger partial charge >= 0.3 is 0 Å². The van der Waals surface area contributed by atoms with Crippen molar-refractivity contribution in [2.45, 2.75) is 19.1 Å². The Morgan fingerprint density at radius 1 is 1.78 bits per heavy atom. The maximum Gasteiger partial charge on any atom is 0.204 e. The van der Waals surface area contributed by atoms with Gasteiger partial charge in [-0.3, -0.25) is 0 Å². The third kappa shape index (κ3) is 1.48. The van der Waals surface area contributed by atoms with Crippen LogP contribution in [0, 0.1) is 0 Å². The molecule has 0 N–H and O–H groups in total. The van der Waals surface area contributed by atoms with Crippen molar-refractivity contribution < 1.29 is 4.42 Å². The van der Waals surface area contributed by atoms with E-state index in [1.165, 1.54) is 0 Å². The zero-order chi connectivity index (χ0) is 6.69. The zero-order valence-electron chi connectivity index (χ0n) is 5.29. The van der Waals surface area contributed by atoms with Gasteiger partial charge in [-0.2, -0.15) is 12.6 Å². The summed E-state index contributed by atoms with van der Waals surface area (Å²) in [4.78, 5) is 3.96. The lowest BCUT2D eigenvalue weighted by Gasteiger charge is -1.83. The second-order valence-corrected chi connectivity index (χ2v) is 2.05. The standard InChI is InChI=1S/C6H9NOS/c1-2-5-3-7-6(4-9)8-5/h3,9H,2,4H2,1H3. The molecule has 9 heavy (non-hydrogen) atoms. The minimum Gasteiger partial charge on any atom is -0.445 e. The summed E-state index contributed by atoms with van der Waals surface area (Å²) in [5.74, 6) is 2.22. The molecule has 0 atom stereocenters. The molecule has 0 bridgehead atoms. The van der Waals surface area contributed by atoms with Gasteiger partial charge in [0.2, 0.25) is 5.89 Å². The number of oxazole rings is 1. The van der Waals surface area contributed by atoms with Gasteiger partial charge in [0.05, 0.1) is 11.9 Å². The van der Waals surface area contributed by atoms with E-state index in [0.29, 0.717) is 11.6 Å². The van der Waals surface area contributed by atoms with Crippen LogP contribution in [0.15, 0.2) is 10.6 Å². The molecule has 50 valence electrons. The van der Waals surface area contributed by atoms with Crippen LogP contribution < -0.4 is 0 Å². The Hall–Kier alpha value is -0.440. The second-order valence-electron chi connectivity index (χ2n) is 1.73. The summed E-state index contributed by atoms with van der Waals surface area (Å²) in [6, 6.07) is 0. The minimum atomic E-state index is 0.583. The topological polar surface area (TPSA) is 26.0 Å². The first-order valence-electron chi connectivity index (χ1n) is 2.91. The average molecular weight is 143 g/mol. The molecule has 1 aromatic rings. The zero-order valence-corrected chi connectivity index (χ0v) is 6.19. The highest BCUT2D eigenvalue weighted by Crippen LogP contribution is 2.05. The lowest BCUT2D eigenvalue weighted by molar-refractivity contribution is 0.477. The number of nitrogens with zero attached hydrogens (tertiary/aromatic N) is 1. The number of aromatic nitrogens is 1. The molecule has 0 amide bonds. The lowest BCUT2D eigenvalue weighted by atomic mass is 10.4. The van der Waals surface area contributed by atoms with Crippen LogP contribution in [0.4, 0.5) is 0 Å². The number of hydrogen-bond acceptors (Lipinski definition) is 3. The van der Waals surface area contributed by atoms with Crippen LogP contribution in [0.1, 0.15) is 18.6 Å². The first-order valence-corrected chi connectivity index (χ1v) is 3.54. The van der Waals surface area contributed by atoms with Crippen LogP contribution in [-0.2, 0) is 12.2 Å². The smallest absolute Gasteiger partial charge is 0.204 e.